The Hall–Kier alpha value is -2.56. The predicted octanol–water partition coefficient (Wildman–Crippen LogP) is 2.72. The number of fused-ring (bicyclic) bond motifs is 3. The van der Waals surface area contributed by atoms with Gasteiger partial charge in [-0.15, -0.1) is 0 Å². The average Bonchev–Trinajstić information content (AvgIpc) is 2.88. The molecule has 1 aliphatic heterocycles. The molecule has 0 amide bonds. The monoisotopic (exact) mass is 257 g/mol. The molecule has 0 unspecified atom stereocenters. The fraction of sp³-hybridized carbons (Fsp3) is 0.143. The third-order valence-corrected chi connectivity index (χ3v) is 2.94. The van der Waals surface area contributed by atoms with E-state index in [2.05, 4.69) is 14.7 Å². The number of hydrogen-bond donors (Lipinski definition) is 0. The molecule has 5 heteroatoms. The summed E-state index contributed by atoms with van der Waals surface area (Å²) in [4.78, 5) is 15.6. The molecule has 0 aromatic heterocycles. The van der Waals surface area contributed by atoms with Gasteiger partial charge in [-0.3, -0.25) is 4.84 Å². The lowest BCUT2D eigenvalue weighted by Gasteiger charge is -2.03. The summed E-state index contributed by atoms with van der Waals surface area (Å²) in [5.74, 6) is 0.742. The van der Waals surface area contributed by atoms with Crippen LogP contribution in [0.25, 0.3) is 10.8 Å². The molecule has 0 saturated carbocycles. The maximum absolute atomic E-state index is 11.0. The van der Waals surface area contributed by atoms with Crippen molar-refractivity contribution in [2.45, 2.75) is 0 Å². The Morgan fingerprint density at radius 2 is 2.11 bits per heavy atom. The van der Waals surface area contributed by atoms with Crippen LogP contribution in [0.2, 0.25) is 0 Å². The molecule has 1 heterocycles. The molecule has 0 radical (unpaired) electrons. The number of carbonyl (C=O) groups is 1. The van der Waals surface area contributed by atoms with Crippen molar-refractivity contribution in [2.75, 3.05) is 13.7 Å². The van der Waals surface area contributed by atoms with Gasteiger partial charge in [-0.25, -0.2) is 4.79 Å². The first-order chi connectivity index (χ1) is 9.29. The highest BCUT2D eigenvalue weighted by atomic mass is 16.8. The van der Waals surface area contributed by atoms with Crippen LogP contribution >= 0.6 is 0 Å². The van der Waals surface area contributed by atoms with Gasteiger partial charge in [0.15, 0.2) is 0 Å². The number of rotatable bonds is 1. The summed E-state index contributed by atoms with van der Waals surface area (Å²) >= 11 is 0. The van der Waals surface area contributed by atoms with Crippen LogP contribution in [0.4, 0.5) is 4.79 Å². The quantitative estimate of drug-likeness (QED) is 0.448. The van der Waals surface area contributed by atoms with E-state index in [1.807, 2.05) is 36.4 Å². The van der Waals surface area contributed by atoms with Crippen LogP contribution in [-0.4, -0.2) is 25.6 Å². The van der Waals surface area contributed by atoms with E-state index < -0.39 is 6.16 Å². The van der Waals surface area contributed by atoms with E-state index in [0.717, 1.165) is 22.1 Å². The van der Waals surface area contributed by atoms with Crippen molar-refractivity contribution >= 4 is 22.6 Å². The van der Waals surface area contributed by atoms with Gasteiger partial charge in [0, 0.05) is 0 Å². The van der Waals surface area contributed by atoms with Crippen LogP contribution in [0.3, 0.4) is 0 Å². The van der Waals surface area contributed by atoms with Gasteiger partial charge in [-0.05, 0) is 16.8 Å². The van der Waals surface area contributed by atoms with Crippen LogP contribution in [0.1, 0.15) is 5.56 Å². The van der Waals surface area contributed by atoms with E-state index >= 15 is 0 Å². The number of hydrogen-bond acceptors (Lipinski definition) is 5. The molecule has 0 saturated heterocycles. The van der Waals surface area contributed by atoms with E-state index in [0.29, 0.717) is 5.71 Å². The molecule has 0 fully saturated rings. The summed E-state index contributed by atoms with van der Waals surface area (Å²) in [5, 5.41) is 5.90. The number of methoxy groups -OCH3 is 1. The molecule has 0 aliphatic carbocycles. The highest BCUT2D eigenvalue weighted by Gasteiger charge is 2.23. The molecule has 3 rings (SSSR count). The normalized spacial score (nSPS) is 15.1. The van der Waals surface area contributed by atoms with Crippen LogP contribution in [0.5, 0.6) is 5.75 Å². The zero-order chi connectivity index (χ0) is 13.2. The Bertz CT molecular complexity index is 678. The minimum absolute atomic E-state index is 0.278. The van der Waals surface area contributed by atoms with Crippen LogP contribution in [-0.2, 0) is 9.57 Å². The maximum Gasteiger partial charge on any atom is 0.534 e. The fourth-order valence-electron chi connectivity index (χ4n) is 2.09. The number of ether oxygens (including phenoxy) is 2. The van der Waals surface area contributed by atoms with E-state index in [1.54, 1.807) is 0 Å². The zero-order valence-corrected chi connectivity index (χ0v) is 10.3. The Labute approximate surface area is 109 Å². The molecule has 96 valence electrons. The minimum atomic E-state index is -0.846. The lowest BCUT2D eigenvalue weighted by Crippen LogP contribution is -2.07. The van der Waals surface area contributed by atoms with Gasteiger partial charge in [-0.1, -0.05) is 35.5 Å². The van der Waals surface area contributed by atoms with E-state index in [9.17, 15) is 4.79 Å². The van der Waals surface area contributed by atoms with E-state index in [-0.39, 0.29) is 6.61 Å². The first kappa shape index (κ1) is 11.5. The van der Waals surface area contributed by atoms with Crippen LogP contribution in [0.15, 0.2) is 41.6 Å². The number of benzene rings is 2. The van der Waals surface area contributed by atoms with Gasteiger partial charge in [0.05, 0.1) is 12.7 Å². The third kappa shape index (κ3) is 1.99. The second-order valence-corrected chi connectivity index (χ2v) is 4.03. The average molecular weight is 257 g/mol. The van der Waals surface area contributed by atoms with Gasteiger partial charge >= 0.3 is 6.16 Å². The van der Waals surface area contributed by atoms with Crippen molar-refractivity contribution in [3.8, 4) is 5.75 Å². The molecule has 0 atom stereocenters. The van der Waals surface area contributed by atoms with Gasteiger partial charge < -0.3 is 9.47 Å². The molecule has 19 heavy (non-hydrogen) atoms. The molecule has 2 aromatic rings. The molecule has 2 aromatic carbocycles. The molecule has 0 bridgehead atoms. The minimum Gasteiger partial charge on any atom is -0.486 e. The van der Waals surface area contributed by atoms with Crippen LogP contribution < -0.4 is 4.74 Å². The summed E-state index contributed by atoms with van der Waals surface area (Å²) in [7, 11) is 1.23. The molecule has 0 N–H and O–H groups in total. The summed E-state index contributed by atoms with van der Waals surface area (Å²) in [6.45, 7) is 0.278. The van der Waals surface area contributed by atoms with E-state index in [1.165, 1.54) is 7.11 Å². The lowest BCUT2D eigenvalue weighted by molar-refractivity contribution is 0.0751. The number of nitrogens with zero attached hydrogens (tertiary/aromatic N) is 1. The molecule has 1 aliphatic rings. The Morgan fingerprint density at radius 3 is 2.95 bits per heavy atom. The zero-order valence-electron chi connectivity index (χ0n) is 10.3. The standard InChI is InChI=1S/C14H11NO4/c1-17-14(16)19-15-11-8-18-12-7-6-9-4-2-3-5-10(9)13(11)12/h2-7H,8H2,1H3/b15-11+. The third-order valence-electron chi connectivity index (χ3n) is 2.94. The summed E-state index contributed by atoms with van der Waals surface area (Å²) in [6.07, 6.45) is -0.846. The smallest absolute Gasteiger partial charge is 0.486 e. The fourth-order valence-corrected chi connectivity index (χ4v) is 2.09. The molecule has 0 spiro atoms. The van der Waals surface area contributed by atoms with Gasteiger partial charge in [0.1, 0.15) is 18.1 Å². The van der Waals surface area contributed by atoms with Crippen molar-refractivity contribution in [1.29, 1.82) is 0 Å². The predicted molar refractivity (Wildman–Crippen MR) is 69.5 cm³/mol. The highest BCUT2D eigenvalue weighted by molar-refractivity contribution is 6.15. The SMILES string of the molecule is COC(=O)O/N=C1\COc2ccc3ccccc3c21. The molecular weight excluding hydrogens is 246 g/mol. The van der Waals surface area contributed by atoms with Crippen LogP contribution in [0, 0.1) is 0 Å². The first-order valence-corrected chi connectivity index (χ1v) is 5.76. The summed E-state index contributed by atoms with van der Waals surface area (Å²) < 4.78 is 9.90. The van der Waals surface area contributed by atoms with Crippen molar-refractivity contribution in [1.82, 2.24) is 0 Å². The molecular formula is C14H11NO4. The van der Waals surface area contributed by atoms with Crippen molar-refractivity contribution in [3.05, 3.63) is 42.0 Å². The number of carbonyl (C=O) groups excluding carboxylic acids is 1. The highest BCUT2D eigenvalue weighted by Crippen LogP contribution is 2.32. The second kappa shape index (κ2) is 4.61. The van der Waals surface area contributed by atoms with E-state index in [4.69, 9.17) is 4.74 Å². The van der Waals surface area contributed by atoms with Crippen molar-refractivity contribution in [3.63, 3.8) is 0 Å². The van der Waals surface area contributed by atoms with Gasteiger partial charge in [0.25, 0.3) is 0 Å². The van der Waals surface area contributed by atoms with Crippen molar-refractivity contribution < 1.29 is 19.1 Å². The number of oxime groups is 1. The summed E-state index contributed by atoms with van der Waals surface area (Å²) in [5.41, 5.74) is 1.44. The van der Waals surface area contributed by atoms with Crippen molar-refractivity contribution in [2.24, 2.45) is 5.16 Å². The Kier molecular flexibility index (Phi) is 2.79. The Balaban J connectivity index is 2.07. The maximum atomic E-state index is 11.0. The lowest BCUT2D eigenvalue weighted by atomic mass is 10.0. The second-order valence-electron chi connectivity index (χ2n) is 4.03. The van der Waals surface area contributed by atoms with Gasteiger partial charge in [-0.2, -0.15) is 0 Å². The first-order valence-electron chi connectivity index (χ1n) is 5.76. The van der Waals surface area contributed by atoms with Gasteiger partial charge in [0.2, 0.25) is 0 Å². The largest absolute Gasteiger partial charge is 0.534 e. The Morgan fingerprint density at radius 1 is 1.26 bits per heavy atom. The topological polar surface area (TPSA) is 57.1 Å². The molecule has 5 nitrogen and oxygen atoms in total. The summed E-state index contributed by atoms with van der Waals surface area (Å²) in [6, 6.07) is 11.8.